The van der Waals surface area contributed by atoms with Crippen LogP contribution < -0.4 is 14.8 Å². The molecule has 3 aromatic carbocycles. The van der Waals surface area contributed by atoms with Crippen LogP contribution in [0.15, 0.2) is 54.6 Å². The molecule has 0 bridgehead atoms. The fraction of sp³-hybridized carbons (Fsp3) is 0.269. The number of nitrogens with one attached hydrogen (secondary N) is 2. The number of aromatic nitrogens is 2. The molecule has 0 fully saturated rings. The van der Waals surface area contributed by atoms with Crippen molar-refractivity contribution in [1.29, 1.82) is 0 Å². The van der Waals surface area contributed by atoms with Crippen molar-refractivity contribution in [2.45, 2.75) is 32.9 Å². The molecule has 34 heavy (non-hydrogen) atoms. The van der Waals surface area contributed by atoms with Gasteiger partial charge in [-0.2, -0.15) is 0 Å². The van der Waals surface area contributed by atoms with Gasteiger partial charge in [0.1, 0.15) is 12.4 Å². The summed E-state index contributed by atoms with van der Waals surface area (Å²) in [6.07, 6.45) is 1.84. The first kappa shape index (κ1) is 24.7. The van der Waals surface area contributed by atoms with E-state index in [4.69, 9.17) is 44.3 Å². The highest BCUT2D eigenvalue weighted by Crippen LogP contribution is 2.38. The first-order valence-corrected chi connectivity index (χ1v) is 12.3. The number of aromatic amines is 1. The Kier molecular flexibility index (Phi) is 8.57. The minimum Gasteiger partial charge on any atom is -0.490 e. The topological polar surface area (TPSA) is 59.2 Å². The largest absolute Gasteiger partial charge is 0.490 e. The molecule has 5 nitrogen and oxygen atoms in total. The Bertz CT molecular complexity index is 1210. The van der Waals surface area contributed by atoms with E-state index in [0.717, 1.165) is 41.8 Å². The minimum absolute atomic E-state index is 0.192. The van der Waals surface area contributed by atoms with Crippen molar-refractivity contribution < 1.29 is 9.47 Å². The lowest BCUT2D eigenvalue weighted by Crippen LogP contribution is -2.15. The number of halogens is 3. The Balaban J connectivity index is 1.33. The SMILES string of the molecule is CCOc1cc(CNCCCc2nc3ccccc3[nH]2)cc(Cl)c1OCc1c(Cl)cccc1Cl. The fourth-order valence-electron chi connectivity index (χ4n) is 3.68. The molecule has 0 amide bonds. The van der Waals surface area contributed by atoms with Crippen molar-refractivity contribution in [3.63, 3.8) is 0 Å². The van der Waals surface area contributed by atoms with Gasteiger partial charge in [-0.05, 0) is 61.9 Å². The molecule has 4 aromatic rings. The quantitative estimate of drug-likeness (QED) is 0.206. The molecule has 1 heterocycles. The lowest BCUT2D eigenvalue weighted by molar-refractivity contribution is 0.269. The second kappa shape index (κ2) is 11.8. The van der Waals surface area contributed by atoms with E-state index in [1.807, 2.05) is 43.3 Å². The molecule has 0 aliphatic carbocycles. The number of nitrogens with zero attached hydrogens (tertiary/aromatic N) is 1. The third-order valence-electron chi connectivity index (χ3n) is 5.33. The second-order valence-electron chi connectivity index (χ2n) is 7.81. The summed E-state index contributed by atoms with van der Waals surface area (Å²) < 4.78 is 11.8. The minimum atomic E-state index is 0.192. The summed E-state index contributed by atoms with van der Waals surface area (Å²) in [6, 6.07) is 17.3. The van der Waals surface area contributed by atoms with Crippen molar-refractivity contribution >= 4 is 45.8 Å². The molecule has 0 radical (unpaired) electrons. The summed E-state index contributed by atoms with van der Waals surface area (Å²) in [7, 11) is 0. The molecule has 0 unspecified atom stereocenters. The van der Waals surface area contributed by atoms with Crippen LogP contribution in [-0.4, -0.2) is 23.1 Å². The van der Waals surface area contributed by atoms with Crippen LogP contribution in [0.25, 0.3) is 11.0 Å². The molecular formula is C26H26Cl3N3O2. The summed E-state index contributed by atoms with van der Waals surface area (Å²) in [5.74, 6) is 2.08. The van der Waals surface area contributed by atoms with E-state index in [-0.39, 0.29) is 6.61 Å². The van der Waals surface area contributed by atoms with Gasteiger partial charge in [-0.3, -0.25) is 0 Å². The summed E-state index contributed by atoms with van der Waals surface area (Å²) >= 11 is 19.1. The number of ether oxygens (including phenoxy) is 2. The number of H-pyrrole nitrogens is 1. The Morgan fingerprint density at radius 3 is 2.50 bits per heavy atom. The van der Waals surface area contributed by atoms with Crippen LogP contribution in [0.3, 0.4) is 0 Å². The molecule has 0 atom stereocenters. The Hall–Kier alpha value is -2.44. The Morgan fingerprint density at radius 2 is 1.74 bits per heavy atom. The highest BCUT2D eigenvalue weighted by atomic mass is 35.5. The van der Waals surface area contributed by atoms with Crippen LogP contribution >= 0.6 is 34.8 Å². The normalized spacial score (nSPS) is 11.2. The van der Waals surface area contributed by atoms with Gasteiger partial charge < -0.3 is 19.8 Å². The first-order valence-electron chi connectivity index (χ1n) is 11.2. The maximum absolute atomic E-state index is 6.56. The predicted molar refractivity (Wildman–Crippen MR) is 140 cm³/mol. The smallest absolute Gasteiger partial charge is 0.180 e. The number of hydrogen-bond donors (Lipinski definition) is 2. The van der Waals surface area contributed by atoms with Crippen molar-refractivity contribution in [3.05, 3.63) is 86.6 Å². The van der Waals surface area contributed by atoms with Gasteiger partial charge in [-0.1, -0.05) is 53.0 Å². The third-order valence-corrected chi connectivity index (χ3v) is 6.32. The van der Waals surface area contributed by atoms with Gasteiger partial charge in [-0.25, -0.2) is 4.98 Å². The molecule has 0 saturated carbocycles. The molecular weight excluding hydrogens is 493 g/mol. The molecule has 0 aliphatic heterocycles. The molecule has 8 heteroatoms. The monoisotopic (exact) mass is 517 g/mol. The van der Waals surface area contributed by atoms with Crippen molar-refractivity contribution in [1.82, 2.24) is 15.3 Å². The third kappa shape index (κ3) is 6.16. The highest BCUT2D eigenvalue weighted by Gasteiger charge is 2.15. The average molecular weight is 519 g/mol. The molecule has 0 spiro atoms. The number of fused-ring (bicyclic) bond motifs is 1. The van der Waals surface area contributed by atoms with Gasteiger partial charge in [0.25, 0.3) is 0 Å². The number of hydrogen-bond acceptors (Lipinski definition) is 4. The van der Waals surface area contributed by atoms with Gasteiger partial charge in [0.15, 0.2) is 11.5 Å². The molecule has 2 N–H and O–H groups in total. The zero-order valence-corrected chi connectivity index (χ0v) is 21.1. The van der Waals surface area contributed by atoms with Gasteiger partial charge in [0.05, 0.1) is 22.7 Å². The molecule has 0 aliphatic rings. The summed E-state index contributed by atoms with van der Waals surface area (Å²) in [4.78, 5) is 7.99. The van der Waals surface area contributed by atoms with Gasteiger partial charge in [-0.15, -0.1) is 0 Å². The van der Waals surface area contributed by atoms with E-state index in [9.17, 15) is 0 Å². The van der Waals surface area contributed by atoms with Crippen LogP contribution in [-0.2, 0) is 19.6 Å². The number of para-hydroxylation sites is 2. The van der Waals surface area contributed by atoms with Crippen LogP contribution in [0.4, 0.5) is 0 Å². The lowest BCUT2D eigenvalue weighted by atomic mass is 10.2. The van der Waals surface area contributed by atoms with Gasteiger partial charge in [0, 0.05) is 28.6 Å². The van der Waals surface area contributed by atoms with Crippen molar-refractivity contribution in [2.75, 3.05) is 13.2 Å². The second-order valence-corrected chi connectivity index (χ2v) is 9.03. The molecule has 178 valence electrons. The van der Waals surface area contributed by atoms with Gasteiger partial charge >= 0.3 is 0 Å². The van der Waals surface area contributed by atoms with Crippen LogP contribution in [0, 0.1) is 0 Å². The first-order chi connectivity index (χ1) is 16.5. The van der Waals surface area contributed by atoms with E-state index in [0.29, 0.717) is 45.3 Å². The molecule has 1 aromatic heterocycles. The van der Waals surface area contributed by atoms with Crippen LogP contribution in [0.2, 0.25) is 15.1 Å². The van der Waals surface area contributed by atoms with E-state index in [1.165, 1.54) is 0 Å². The van der Waals surface area contributed by atoms with Crippen LogP contribution in [0.5, 0.6) is 11.5 Å². The number of rotatable bonds is 11. The molecule has 4 rings (SSSR count). The zero-order valence-electron chi connectivity index (χ0n) is 18.8. The van der Waals surface area contributed by atoms with Crippen LogP contribution in [0.1, 0.15) is 30.3 Å². The maximum atomic E-state index is 6.56. The maximum Gasteiger partial charge on any atom is 0.180 e. The zero-order chi connectivity index (χ0) is 23.9. The Labute approximate surface area is 214 Å². The summed E-state index contributed by atoms with van der Waals surface area (Å²) in [5.41, 5.74) is 3.80. The van der Waals surface area contributed by atoms with Crippen molar-refractivity contribution in [3.8, 4) is 11.5 Å². The Morgan fingerprint density at radius 1 is 0.941 bits per heavy atom. The number of imidazole rings is 1. The predicted octanol–water partition coefficient (Wildman–Crippen LogP) is 7.22. The van der Waals surface area contributed by atoms with Gasteiger partial charge in [0.2, 0.25) is 0 Å². The average Bonchev–Trinajstić information content (AvgIpc) is 3.23. The summed E-state index contributed by atoms with van der Waals surface area (Å²) in [5, 5.41) is 5.04. The van der Waals surface area contributed by atoms with E-state index >= 15 is 0 Å². The van der Waals surface area contributed by atoms with E-state index in [2.05, 4.69) is 15.3 Å². The summed E-state index contributed by atoms with van der Waals surface area (Å²) in [6.45, 7) is 4.12. The number of aryl methyl sites for hydroxylation is 1. The fourth-order valence-corrected chi connectivity index (χ4v) is 4.47. The van der Waals surface area contributed by atoms with Crippen molar-refractivity contribution in [2.24, 2.45) is 0 Å². The number of benzene rings is 3. The standard InChI is InChI=1S/C26H26Cl3N3O2/c1-2-33-24-14-17(13-21(29)26(24)34-16-18-19(27)7-5-8-20(18)28)15-30-12-6-11-25-31-22-9-3-4-10-23(22)32-25/h3-5,7-10,13-14,30H,2,6,11-12,15-16H2,1H3,(H,31,32). The van der Waals surface area contributed by atoms with E-state index < -0.39 is 0 Å². The highest BCUT2D eigenvalue weighted by molar-refractivity contribution is 6.36. The lowest BCUT2D eigenvalue weighted by Gasteiger charge is -2.16. The van der Waals surface area contributed by atoms with E-state index in [1.54, 1.807) is 18.2 Å². The molecule has 0 saturated heterocycles.